The molecule has 4 aromatic rings. The van der Waals surface area contributed by atoms with Gasteiger partial charge in [0, 0.05) is 72.4 Å². The Balaban J connectivity index is 1.41. The second kappa shape index (κ2) is 19.9. The van der Waals surface area contributed by atoms with Crippen LogP contribution in [0.4, 0.5) is 11.4 Å². The molecule has 6 rings (SSSR count). The van der Waals surface area contributed by atoms with Gasteiger partial charge < -0.3 is 28.4 Å². The lowest BCUT2D eigenvalue weighted by atomic mass is 10.1. The quantitative estimate of drug-likeness (QED) is 0.0578. The molecule has 0 N–H and O–H groups in total. The molecule has 0 radical (unpaired) electrons. The monoisotopic (exact) mass is 886 g/mol. The smallest absolute Gasteiger partial charge is 0.261 e. The number of fused-ring (bicyclic) bond motifs is 1. The molecule has 0 aliphatic carbocycles. The number of furan rings is 2. The normalized spacial score (nSPS) is 14.2. The van der Waals surface area contributed by atoms with Gasteiger partial charge in [0.25, 0.3) is 11.8 Å². The van der Waals surface area contributed by atoms with Crippen LogP contribution in [0.5, 0.6) is 0 Å². The minimum absolute atomic E-state index is 0.177. The van der Waals surface area contributed by atoms with E-state index in [4.69, 9.17) is 8.83 Å². The summed E-state index contributed by atoms with van der Waals surface area (Å²) < 4.78 is 13.2. The van der Waals surface area contributed by atoms with Gasteiger partial charge in [-0.2, -0.15) is 0 Å². The number of halogens is 2. The van der Waals surface area contributed by atoms with Crippen molar-refractivity contribution in [2.45, 2.75) is 79.1 Å². The SMILES string of the molecule is CCN(CC)c1ccc(-c2ccc(C3=C4C(=O)N(CCCCCCBr)C(c5ccc(-c6ccc(N(CC)CC)cc6)o5)=C4C(=O)N3CCCCCCBr)o2)cc1. The highest BCUT2D eigenvalue weighted by Crippen LogP contribution is 2.48. The third-order valence-electron chi connectivity index (χ3n) is 11.0. The summed E-state index contributed by atoms with van der Waals surface area (Å²) in [4.78, 5) is 37.8. The van der Waals surface area contributed by atoms with Gasteiger partial charge in [-0.25, -0.2) is 0 Å². The van der Waals surface area contributed by atoms with Gasteiger partial charge in [0.15, 0.2) is 11.5 Å². The molecule has 2 aliphatic heterocycles. The van der Waals surface area contributed by atoms with E-state index in [0.717, 1.165) is 111 Å². The molecule has 2 amide bonds. The molecular weight excluding hydrogens is 832 g/mol. The molecule has 298 valence electrons. The van der Waals surface area contributed by atoms with Crippen molar-refractivity contribution in [2.24, 2.45) is 0 Å². The molecular formula is C46H56Br2N4O4. The Hall–Kier alpha value is -4.02. The molecule has 0 bridgehead atoms. The fraction of sp³-hybridized carbons (Fsp3) is 0.435. The summed E-state index contributed by atoms with van der Waals surface area (Å²) >= 11 is 7.09. The lowest BCUT2D eigenvalue weighted by Gasteiger charge is -2.24. The highest BCUT2D eigenvalue weighted by Gasteiger charge is 2.50. The molecule has 56 heavy (non-hydrogen) atoms. The minimum Gasteiger partial charge on any atom is -0.455 e. The first-order chi connectivity index (χ1) is 27.4. The molecule has 8 nitrogen and oxygen atoms in total. The van der Waals surface area contributed by atoms with Crippen LogP contribution in [0.25, 0.3) is 34.0 Å². The van der Waals surface area contributed by atoms with E-state index in [1.165, 1.54) is 0 Å². The standard InChI is InChI=1S/C46H56Br2N4O4/c1-5-49(6-2)35-21-17-33(18-22-35)37-25-27-39(55-37)43-41-42(46(54)51(43)31-15-11-9-13-29-47)44(52(45(41)53)32-16-12-10-14-30-48)40-28-26-38(56-40)34-19-23-36(24-20-34)50(7-3)8-4/h17-28H,5-16,29-32H2,1-4H3. The fourth-order valence-electron chi connectivity index (χ4n) is 7.86. The van der Waals surface area contributed by atoms with Crippen LogP contribution in [0.15, 0.2) is 92.8 Å². The summed E-state index contributed by atoms with van der Waals surface area (Å²) in [5.41, 5.74) is 6.13. The largest absolute Gasteiger partial charge is 0.455 e. The Labute approximate surface area is 349 Å². The summed E-state index contributed by atoms with van der Waals surface area (Å²) in [6, 6.07) is 24.5. The predicted octanol–water partition coefficient (Wildman–Crippen LogP) is 11.6. The maximum absolute atomic E-state index is 14.8. The first-order valence-corrected chi connectivity index (χ1v) is 22.8. The molecule has 0 unspecified atom stereocenters. The summed E-state index contributed by atoms with van der Waals surface area (Å²) in [6.07, 6.45) is 7.88. The number of nitrogens with zero attached hydrogens (tertiary/aromatic N) is 4. The van der Waals surface area contributed by atoms with E-state index in [2.05, 4.69) is 118 Å². The van der Waals surface area contributed by atoms with Gasteiger partial charge in [-0.1, -0.05) is 57.5 Å². The molecule has 0 saturated carbocycles. The van der Waals surface area contributed by atoms with Crippen LogP contribution in [0, 0.1) is 0 Å². The van der Waals surface area contributed by atoms with E-state index >= 15 is 0 Å². The van der Waals surface area contributed by atoms with Crippen LogP contribution >= 0.6 is 31.9 Å². The maximum atomic E-state index is 14.8. The van der Waals surface area contributed by atoms with Crippen LogP contribution < -0.4 is 9.80 Å². The molecule has 10 heteroatoms. The summed E-state index contributed by atoms with van der Waals surface area (Å²) in [6.45, 7) is 13.3. The average Bonchev–Trinajstić information content (AvgIpc) is 4.02. The Morgan fingerprint density at radius 3 is 1.14 bits per heavy atom. The van der Waals surface area contributed by atoms with Crippen molar-refractivity contribution in [2.75, 3.05) is 59.7 Å². The number of benzene rings is 2. The molecule has 2 aromatic heterocycles. The highest BCUT2D eigenvalue weighted by molar-refractivity contribution is 9.09. The van der Waals surface area contributed by atoms with Crippen molar-refractivity contribution < 1.29 is 18.4 Å². The number of hydrogen-bond acceptors (Lipinski definition) is 6. The molecule has 0 fully saturated rings. The van der Waals surface area contributed by atoms with Crippen molar-refractivity contribution >= 4 is 66.4 Å². The van der Waals surface area contributed by atoms with E-state index in [1.54, 1.807) is 9.80 Å². The van der Waals surface area contributed by atoms with Gasteiger partial charge in [-0.3, -0.25) is 9.59 Å². The zero-order valence-electron chi connectivity index (χ0n) is 33.4. The average molecular weight is 889 g/mol. The highest BCUT2D eigenvalue weighted by atomic mass is 79.9. The zero-order chi connectivity index (χ0) is 39.6. The first-order valence-electron chi connectivity index (χ1n) is 20.5. The zero-order valence-corrected chi connectivity index (χ0v) is 36.6. The van der Waals surface area contributed by atoms with E-state index in [9.17, 15) is 9.59 Å². The van der Waals surface area contributed by atoms with Gasteiger partial charge in [0.05, 0.1) is 11.1 Å². The van der Waals surface area contributed by atoms with Crippen LogP contribution in [-0.4, -0.2) is 71.5 Å². The number of amides is 2. The molecule has 0 saturated heterocycles. The van der Waals surface area contributed by atoms with Crippen molar-refractivity contribution in [3.05, 3.63) is 95.5 Å². The van der Waals surface area contributed by atoms with Crippen molar-refractivity contribution in [1.29, 1.82) is 0 Å². The Morgan fingerprint density at radius 2 is 0.804 bits per heavy atom. The maximum Gasteiger partial charge on any atom is 0.261 e. The van der Waals surface area contributed by atoms with E-state index in [1.807, 2.05) is 24.3 Å². The molecule has 2 aliphatic rings. The molecule has 0 atom stereocenters. The van der Waals surface area contributed by atoms with E-state index in [0.29, 0.717) is 58.7 Å². The van der Waals surface area contributed by atoms with Gasteiger partial charge in [0.1, 0.15) is 22.9 Å². The number of unbranched alkanes of at least 4 members (excludes halogenated alkanes) is 6. The lowest BCUT2D eigenvalue weighted by molar-refractivity contribution is -0.124. The van der Waals surface area contributed by atoms with Crippen LogP contribution in [0.1, 0.15) is 90.6 Å². The minimum atomic E-state index is -0.177. The number of carbonyl (C=O) groups excluding carboxylic acids is 2. The van der Waals surface area contributed by atoms with Crippen molar-refractivity contribution in [1.82, 2.24) is 9.80 Å². The molecule has 2 aromatic carbocycles. The topological polar surface area (TPSA) is 73.4 Å². The number of alkyl halides is 2. The van der Waals surface area contributed by atoms with Crippen molar-refractivity contribution in [3.8, 4) is 22.6 Å². The van der Waals surface area contributed by atoms with Gasteiger partial charge >= 0.3 is 0 Å². The summed E-state index contributed by atoms with van der Waals surface area (Å²) in [5, 5.41) is 1.91. The summed E-state index contributed by atoms with van der Waals surface area (Å²) in [5.74, 6) is 2.07. The Bertz CT molecular complexity index is 1840. The Kier molecular flexibility index (Phi) is 14.8. The van der Waals surface area contributed by atoms with E-state index in [-0.39, 0.29) is 11.8 Å². The molecule has 0 spiro atoms. The van der Waals surface area contributed by atoms with Gasteiger partial charge in [0.2, 0.25) is 0 Å². The second-order valence-electron chi connectivity index (χ2n) is 14.3. The van der Waals surface area contributed by atoms with Gasteiger partial charge in [-0.05, 0) is 126 Å². The first kappa shape index (κ1) is 41.6. The third kappa shape index (κ3) is 8.91. The second-order valence-corrected chi connectivity index (χ2v) is 15.9. The molecule has 4 heterocycles. The Morgan fingerprint density at radius 1 is 0.464 bits per heavy atom. The van der Waals surface area contributed by atoms with E-state index < -0.39 is 0 Å². The fourth-order valence-corrected chi connectivity index (χ4v) is 8.66. The predicted molar refractivity (Wildman–Crippen MR) is 237 cm³/mol. The lowest BCUT2D eigenvalue weighted by Crippen LogP contribution is -2.31. The van der Waals surface area contributed by atoms with Gasteiger partial charge in [-0.15, -0.1) is 0 Å². The van der Waals surface area contributed by atoms with Crippen molar-refractivity contribution in [3.63, 3.8) is 0 Å². The third-order valence-corrected chi connectivity index (χ3v) is 12.1. The number of carbonyl (C=O) groups is 2. The van der Waals surface area contributed by atoms with Crippen LogP contribution in [-0.2, 0) is 9.59 Å². The van der Waals surface area contributed by atoms with Crippen LogP contribution in [0.2, 0.25) is 0 Å². The van der Waals surface area contributed by atoms with Crippen LogP contribution in [0.3, 0.4) is 0 Å². The summed E-state index contributed by atoms with van der Waals surface area (Å²) in [7, 11) is 0. The number of hydrogen-bond donors (Lipinski definition) is 0. The number of rotatable bonds is 22. The number of anilines is 2.